The molecule has 4 aromatic carbocycles. The van der Waals surface area contributed by atoms with Crippen LogP contribution in [-0.2, 0) is 9.59 Å². The van der Waals surface area contributed by atoms with E-state index in [2.05, 4.69) is 21.3 Å². The Hall–Kier alpha value is -4.23. The van der Waals surface area contributed by atoms with E-state index >= 15 is 0 Å². The molecule has 1 aliphatic heterocycles. The van der Waals surface area contributed by atoms with Crippen LogP contribution >= 0.6 is 12.2 Å². The minimum Gasteiger partial charge on any atom is -0.332 e. The van der Waals surface area contributed by atoms with Gasteiger partial charge in [-0.05, 0) is 59.9 Å². The maximum Gasteiger partial charge on any atom is 0.233 e. The molecule has 0 aromatic heterocycles. The van der Waals surface area contributed by atoms with E-state index in [0.29, 0.717) is 16.5 Å². The van der Waals surface area contributed by atoms with Crippen molar-refractivity contribution in [3.05, 3.63) is 84.4 Å². The molecule has 0 spiro atoms. The van der Waals surface area contributed by atoms with Crippen LogP contribution in [0.1, 0.15) is 12.0 Å². The van der Waals surface area contributed by atoms with Crippen molar-refractivity contribution in [3.8, 4) is 11.1 Å². The summed E-state index contributed by atoms with van der Waals surface area (Å²) in [4.78, 5) is 24.6. The van der Waals surface area contributed by atoms with E-state index in [1.807, 2.05) is 85.8 Å². The number of aryl methyl sites for hydroxylation is 1. The molecule has 34 heavy (non-hydrogen) atoms. The van der Waals surface area contributed by atoms with Crippen LogP contribution in [-0.4, -0.2) is 16.9 Å². The molecule has 0 aliphatic carbocycles. The first-order valence-corrected chi connectivity index (χ1v) is 11.3. The molecule has 7 heteroatoms. The van der Waals surface area contributed by atoms with Crippen molar-refractivity contribution in [2.24, 2.45) is 0 Å². The number of para-hydroxylation sites is 1. The van der Waals surface area contributed by atoms with Crippen molar-refractivity contribution < 1.29 is 9.59 Å². The number of thiocarbonyl (C=S) groups is 1. The summed E-state index contributed by atoms with van der Waals surface area (Å²) in [6.45, 7) is 2.02. The fourth-order valence-corrected chi connectivity index (χ4v) is 4.31. The molecule has 6 nitrogen and oxygen atoms in total. The van der Waals surface area contributed by atoms with E-state index in [4.69, 9.17) is 12.2 Å². The Morgan fingerprint density at radius 3 is 2.26 bits per heavy atom. The Labute approximate surface area is 202 Å². The zero-order chi connectivity index (χ0) is 23.7. The van der Waals surface area contributed by atoms with Crippen LogP contribution in [0, 0.1) is 6.92 Å². The first-order valence-electron chi connectivity index (χ1n) is 10.9. The molecule has 0 radical (unpaired) electrons. The SMILES string of the molecule is Cc1ccccc1NC(=S)Nc1ccc(-c2cc3ccccc3c3c2NC(=O)CC(=O)N3)cc1. The topological polar surface area (TPSA) is 82.3 Å². The number of benzene rings is 4. The predicted molar refractivity (Wildman–Crippen MR) is 142 cm³/mol. The predicted octanol–water partition coefficient (Wildman–Crippen LogP) is 5.90. The molecule has 2 amide bonds. The van der Waals surface area contributed by atoms with E-state index in [1.165, 1.54) is 0 Å². The highest BCUT2D eigenvalue weighted by Gasteiger charge is 2.23. The lowest BCUT2D eigenvalue weighted by Crippen LogP contribution is -2.19. The Morgan fingerprint density at radius 2 is 1.50 bits per heavy atom. The van der Waals surface area contributed by atoms with E-state index < -0.39 is 0 Å². The number of carbonyl (C=O) groups is 2. The molecule has 5 rings (SSSR count). The second-order valence-electron chi connectivity index (χ2n) is 8.14. The standard InChI is InChI=1S/C27H22N4O2S/c1-16-6-2-5-9-22(16)29-27(34)28-19-12-10-17(11-13-19)21-14-18-7-3-4-8-20(18)25-26(21)31-24(33)15-23(32)30-25/h2-14H,15H2,1H3,(H,30,32)(H,31,33)(H2,28,29,34). The lowest BCUT2D eigenvalue weighted by Gasteiger charge is -2.17. The molecular formula is C27H22N4O2S. The number of amides is 2. The zero-order valence-corrected chi connectivity index (χ0v) is 19.3. The maximum atomic E-state index is 12.3. The first kappa shape index (κ1) is 21.6. The third kappa shape index (κ3) is 4.33. The van der Waals surface area contributed by atoms with Crippen molar-refractivity contribution in [3.63, 3.8) is 0 Å². The van der Waals surface area contributed by atoms with Crippen LogP contribution in [0.15, 0.2) is 78.9 Å². The molecule has 0 saturated carbocycles. The highest BCUT2D eigenvalue weighted by atomic mass is 32.1. The third-order valence-corrected chi connectivity index (χ3v) is 5.95. The van der Waals surface area contributed by atoms with Gasteiger partial charge in [0.2, 0.25) is 11.8 Å². The number of nitrogens with one attached hydrogen (secondary N) is 4. The second-order valence-corrected chi connectivity index (χ2v) is 8.55. The van der Waals surface area contributed by atoms with Gasteiger partial charge in [-0.1, -0.05) is 54.6 Å². The largest absolute Gasteiger partial charge is 0.332 e. The summed E-state index contributed by atoms with van der Waals surface area (Å²) in [6.07, 6.45) is -0.212. The van der Waals surface area contributed by atoms with Gasteiger partial charge >= 0.3 is 0 Å². The summed E-state index contributed by atoms with van der Waals surface area (Å²) in [5.74, 6) is -0.661. The third-order valence-electron chi connectivity index (χ3n) is 5.75. The molecule has 0 atom stereocenters. The summed E-state index contributed by atoms with van der Waals surface area (Å²) in [7, 11) is 0. The van der Waals surface area contributed by atoms with Crippen molar-refractivity contribution in [1.82, 2.24) is 0 Å². The molecule has 1 aliphatic rings. The van der Waals surface area contributed by atoms with Crippen LogP contribution in [0.4, 0.5) is 22.7 Å². The average molecular weight is 467 g/mol. The summed E-state index contributed by atoms with van der Waals surface area (Å²) >= 11 is 5.47. The molecule has 0 unspecified atom stereocenters. The number of hydrogen-bond acceptors (Lipinski definition) is 3. The molecule has 4 N–H and O–H groups in total. The van der Waals surface area contributed by atoms with E-state index in [-0.39, 0.29) is 18.2 Å². The Bertz CT molecular complexity index is 1450. The second kappa shape index (κ2) is 8.96. The van der Waals surface area contributed by atoms with Crippen molar-refractivity contribution in [1.29, 1.82) is 0 Å². The minimum atomic E-state index is -0.335. The van der Waals surface area contributed by atoms with E-state index in [0.717, 1.165) is 38.8 Å². The number of hydrogen-bond donors (Lipinski definition) is 4. The lowest BCUT2D eigenvalue weighted by molar-refractivity contribution is -0.123. The van der Waals surface area contributed by atoms with Crippen molar-refractivity contribution in [2.75, 3.05) is 21.3 Å². The molecule has 0 fully saturated rings. The van der Waals surface area contributed by atoms with E-state index in [1.54, 1.807) is 0 Å². The van der Waals surface area contributed by atoms with Gasteiger partial charge in [-0.25, -0.2) is 0 Å². The van der Waals surface area contributed by atoms with Gasteiger partial charge in [0.15, 0.2) is 5.11 Å². The number of rotatable bonds is 3. The van der Waals surface area contributed by atoms with Gasteiger partial charge in [-0.2, -0.15) is 0 Å². The van der Waals surface area contributed by atoms with Gasteiger partial charge in [0.1, 0.15) is 6.42 Å². The molecule has 1 heterocycles. The highest BCUT2D eigenvalue weighted by Crippen LogP contribution is 2.41. The minimum absolute atomic E-state index is 0.212. The molecule has 4 aromatic rings. The Kier molecular flexibility index (Phi) is 5.69. The van der Waals surface area contributed by atoms with Crippen LogP contribution in [0.3, 0.4) is 0 Å². The number of fused-ring (bicyclic) bond motifs is 3. The molecule has 0 saturated heterocycles. The number of carbonyl (C=O) groups excluding carboxylic acids is 2. The Balaban J connectivity index is 1.46. The normalized spacial score (nSPS) is 12.9. The summed E-state index contributed by atoms with van der Waals surface area (Å²) < 4.78 is 0. The average Bonchev–Trinajstić information content (AvgIpc) is 2.97. The van der Waals surface area contributed by atoms with Crippen LogP contribution in [0.2, 0.25) is 0 Å². The van der Waals surface area contributed by atoms with Crippen molar-refractivity contribution >= 4 is 62.7 Å². The Morgan fingerprint density at radius 1 is 0.824 bits per heavy atom. The van der Waals surface area contributed by atoms with Crippen LogP contribution in [0.25, 0.3) is 21.9 Å². The maximum absolute atomic E-state index is 12.3. The molecular weight excluding hydrogens is 444 g/mol. The fraction of sp³-hybridized carbons (Fsp3) is 0.0741. The fourth-order valence-electron chi connectivity index (χ4n) is 4.08. The van der Waals surface area contributed by atoms with Gasteiger partial charge in [0.05, 0.1) is 11.4 Å². The first-order chi connectivity index (χ1) is 16.5. The van der Waals surface area contributed by atoms with Gasteiger partial charge in [0.25, 0.3) is 0 Å². The zero-order valence-electron chi connectivity index (χ0n) is 18.4. The van der Waals surface area contributed by atoms with Crippen molar-refractivity contribution in [2.45, 2.75) is 13.3 Å². The monoisotopic (exact) mass is 466 g/mol. The lowest BCUT2D eigenvalue weighted by atomic mass is 9.97. The van der Waals surface area contributed by atoms with Gasteiger partial charge in [-0.3, -0.25) is 9.59 Å². The van der Waals surface area contributed by atoms with Gasteiger partial charge in [0, 0.05) is 22.3 Å². The highest BCUT2D eigenvalue weighted by molar-refractivity contribution is 7.80. The smallest absolute Gasteiger partial charge is 0.233 e. The van der Waals surface area contributed by atoms with E-state index in [9.17, 15) is 9.59 Å². The molecule has 168 valence electrons. The van der Waals surface area contributed by atoms with Gasteiger partial charge < -0.3 is 21.3 Å². The van der Waals surface area contributed by atoms with Crippen LogP contribution < -0.4 is 21.3 Å². The molecule has 0 bridgehead atoms. The summed E-state index contributed by atoms with van der Waals surface area (Å²) in [5, 5.41) is 14.6. The summed E-state index contributed by atoms with van der Waals surface area (Å²) in [5.41, 5.74) is 5.85. The van der Waals surface area contributed by atoms with Gasteiger partial charge in [-0.15, -0.1) is 0 Å². The van der Waals surface area contributed by atoms with Crippen LogP contribution in [0.5, 0.6) is 0 Å². The quantitative estimate of drug-likeness (QED) is 0.223. The summed E-state index contributed by atoms with van der Waals surface area (Å²) in [6, 6.07) is 25.5. The number of anilines is 4.